The molecule has 1 aromatic carbocycles. The standard InChI is InChI=1S/C21H28FNO4/c22-19-4-2-1-3-17(19)11-20(24)23-14-21(15-23)18(7-10-27-21)13-26-12-16-5-8-25-9-6-16/h1-4,16,18H,5-15H2/t18-/m0/s1. The number of nitrogens with zero attached hydrogens (tertiary/aromatic N) is 1. The van der Waals surface area contributed by atoms with E-state index in [0.717, 1.165) is 45.7 Å². The molecule has 3 aliphatic heterocycles. The minimum absolute atomic E-state index is 0.0388. The zero-order valence-electron chi connectivity index (χ0n) is 15.7. The third-order valence-corrected chi connectivity index (χ3v) is 6.18. The van der Waals surface area contributed by atoms with Crippen LogP contribution in [0.25, 0.3) is 0 Å². The summed E-state index contributed by atoms with van der Waals surface area (Å²) < 4.78 is 31.2. The van der Waals surface area contributed by atoms with Crippen molar-refractivity contribution in [2.75, 3.05) is 46.1 Å². The van der Waals surface area contributed by atoms with Crippen molar-refractivity contribution >= 4 is 5.91 Å². The van der Waals surface area contributed by atoms with E-state index in [9.17, 15) is 9.18 Å². The maximum Gasteiger partial charge on any atom is 0.227 e. The molecule has 1 atom stereocenters. The maximum atomic E-state index is 13.8. The highest BCUT2D eigenvalue weighted by Gasteiger charge is 2.54. The quantitative estimate of drug-likeness (QED) is 0.764. The lowest BCUT2D eigenvalue weighted by Crippen LogP contribution is -2.66. The van der Waals surface area contributed by atoms with Crippen LogP contribution in [0.5, 0.6) is 0 Å². The first-order valence-corrected chi connectivity index (χ1v) is 9.97. The fraction of sp³-hybridized carbons (Fsp3) is 0.667. The number of hydrogen-bond acceptors (Lipinski definition) is 4. The zero-order valence-corrected chi connectivity index (χ0v) is 15.7. The monoisotopic (exact) mass is 377 g/mol. The Morgan fingerprint density at radius 2 is 1.93 bits per heavy atom. The van der Waals surface area contributed by atoms with Gasteiger partial charge in [0, 0.05) is 32.3 Å². The van der Waals surface area contributed by atoms with E-state index < -0.39 is 0 Å². The summed E-state index contributed by atoms with van der Waals surface area (Å²) in [5.41, 5.74) is 0.188. The number of halogens is 1. The Balaban J connectivity index is 1.24. The van der Waals surface area contributed by atoms with E-state index in [0.29, 0.717) is 37.1 Å². The second-order valence-corrected chi connectivity index (χ2v) is 8.01. The molecular weight excluding hydrogens is 349 g/mol. The lowest BCUT2D eigenvalue weighted by molar-refractivity contribution is -0.168. The van der Waals surface area contributed by atoms with Gasteiger partial charge in [-0.25, -0.2) is 4.39 Å². The molecule has 4 rings (SSSR count). The van der Waals surface area contributed by atoms with Crippen LogP contribution in [0.4, 0.5) is 4.39 Å². The van der Waals surface area contributed by atoms with Crippen LogP contribution < -0.4 is 0 Å². The van der Waals surface area contributed by atoms with Crippen LogP contribution in [-0.2, 0) is 25.4 Å². The number of rotatable bonds is 6. The fourth-order valence-electron chi connectivity index (χ4n) is 4.35. The number of ether oxygens (including phenoxy) is 3. The number of benzene rings is 1. The maximum absolute atomic E-state index is 13.8. The van der Waals surface area contributed by atoms with Crippen LogP contribution in [0.1, 0.15) is 24.8 Å². The molecule has 0 aromatic heterocycles. The Kier molecular flexibility index (Phi) is 5.76. The fourth-order valence-corrected chi connectivity index (χ4v) is 4.35. The molecule has 27 heavy (non-hydrogen) atoms. The molecular formula is C21H28FNO4. The molecule has 0 unspecified atom stereocenters. The molecule has 3 aliphatic rings. The van der Waals surface area contributed by atoms with E-state index >= 15 is 0 Å². The molecule has 0 bridgehead atoms. The van der Waals surface area contributed by atoms with E-state index in [1.807, 2.05) is 0 Å². The Hall–Kier alpha value is -1.50. The summed E-state index contributed by atoms with van der Waals surface area (Å²) in [7, 11) is 0. The average Bonchev–Trinajstić information content (AvgIpc) is 3.07. The van der Waals surface area contributed by atoms with Crippen LogP contribution in [-0.4, -0.2) is 62.5 Å². The zero-order chi connectivity index (χ0) is 18.7. The summed E-state index contributed by atoms with van der Waals surface area (Å²) in [5.74, 6) is 0.563. The molecule has 0 saturated carbocycles. The van der Waals surface area contributed by atoms with Gasteiger partial charge in [0.05, 0.1) is 26.1 Å². The molecule has 0 aliphatic carbocycles. The van der Waals surface area contributed by atoms with Gasteiger partial charge in [0.2, 0.25) is 5.91 Å². The Morgan fingerprint density at radius 3 is 2.70 bits per heavy atom. The van der Waals surface area contributed by atoms with Crippen LogP contribution in [0.15, 0.2) is 24.3 Å². The number of likely N-dealkylation sites (tertiary alicyclic amines) is 1. The first-order valence-electron chi connectivity index (χ1n) is 9.97. The van der Waals surface area contributed by atoms with Crippen molar-refractivity contribution in [3.8, 4) is 0 Å². The van der Waals surface area contributed by atoms with Gasteiger partial charge in [0.25, 0.3) is 0 Å². The van der Waals surface area contributed by atoms with E-state index in [4.69, 9.17) is 14.2 Å². The van der Waals surface area contributed by atoms with Gasteiger partial charge < -0.3 is 19.1 Å². The number of hydrogen-bond donors (Lipinski definition) is 0. The Bertz CT molecular complexity index is 655. The van der Waals surface area contributed by atoms with Gasteiger partial charge in [-0.2, -0.15) is 0 Å². The van der Waals surface area contributed by atoms with Crippen molar-refractivity contribution in [3.05, 3.63) is 35.6 Å². The minimum Gasteiger partial charge on any atom is -0.381 e. The third-order valence-electron chi connectivity index (χ3n) is 6.18. The molecule has 3 saturated heterocycles. The van der Waals surface area contributed by atoms with Gasteiger partial charge >= 0.3 is 0 Å². The molecule has 1 spiro atoms. The number of carbonyl (C=O) groups excluding carboxylic acids is 1. The minimum atomic E-state index is -0.322. The molecule has 0 radical (unpaired) electrons. The third kappa shape index (κ3) is 4.18. The summed E-state index contributed by atoms with van der Waals surface area (Å²) in [6.07, 6.45) is 3.23. The van der Waals surface area contributed by atoms with Crippen molar-refractivity contribution in [1.82, 2.24) is 4.90 Å². The van der Waals surface area contributed by atoms with Gasteiger partial charge in [-0.05, 0) is 36.8 Å². The molecule has 6 heteroatoms. The summed E-state index contributed by atoms with van der Waals surface area (Å²) in [4.78, 5) is 14.3. The van der Waals surface area contributed by atoms with Crippen LogP contribution in [0.3, 0.4) is 0 Å². The highest BCUT2D eigenvalue weighted by molar-refractivity contribution is 5.80. The Morgan fingerprint density at radius 1 is 1.15 bits per heavy atom. The van der Waals surface area contributed by atoms with Crippen molar-refractivity contribution in [1.29, 1.82) is 0 Å². The largest absolute Gasteiger partial charge is 0.381 e. The second kappa shape index (κ2) is 8.25. The summed E-state index contributed by atoms with van der Waals surface area (Å²) in [5, 5.41) is 0. The topological polar surface area (TPSA) is 48.0 Å². The highest BCUT2D eigenvalue weighted by atomic mass is 19.1. The number of amides is 1. The van der Waals surface area contributed by atoms with E-state index in [1.165, 1.54) is 6.07 Å². The predicted molar refractivity (Wildman–Crippen MR) is 97.8 cm³/mol. The van der Waals surface area contributed by atoms with Gasteiger partial charge in [-0.3, -0.25) is 4.79 Å². The van der Waals surface area contributed by atoms with Crippen LogP contribution in [0.2, 0.25) is 0 Å². The van der Waals surface area contributed by atoms with E-state index in [-0.39, 0.29) is 23.7 Å². The molecule has 0 N–H and O–H groups in total. The van der Waals surface area contributed by atoms with E-state index in [1.54, 1.807) is 23.1 Å². The number of carbonyl (C=O) groups is 1. The molecule has 1 amide bonds. The lowest BCUT2D eigenvalue weighted by Gasteiger charge is -2.50. The molecule has 148 valence electrons. The average molecular weight is 377 g/mol. The van der Waals surface area contributed by atoms with Gasteiger partial charge in [-0.15, -0.1) is 0 Å². The normalized spacial score (nSPS) is 24.9. The van der Waals surface area contributed by atoms with Crippen molar-refractivity contribution in [2.24, 2.45) is 11.8 Å². The molecule has 3 fully saturated rings. The Labute approximate surface area is 159 Å². The van der Waals surface area contributed by atoms with Gasteiger partial charge in [0.1, 0.15) is 11.4 Å². The molecule has 3 heterocycles. The first-order chi connectivity index (χ1) is 13.2. The summed E-state index contributed by atoms with van der Waals surface area (Å²) in [6.45, 7) is 5.05. The van der Waals surface area contributed by atoms with Crippen molar-refractivity contribution in [3.63, 3.8) is 0 Å². The lowest BCUT2D eigenvalue weighted by atomic mass is 9.81. The summed E-state index contributed by atoms with van der Waals surface area (Å²) in [6, 6.07) is 6.46. The van der Waals surface area contributed by atoms with Gasteiger partial charge in [-0.1, -0.05) is 18.2 Å². The van der Waals surface area contributed by atoms with Gasteiger partial charge in [0.15, 0.2) is 0 Å². The van der Waals surface area contributed by atoms with Crippen molar-refractivity contribution < 1.29 is 23.4 Å². The van der Waals surface area contributed by atoms with E-state index in [2.05, 4.69) is 0 Å². The molecule has 1 aromatic rings. The smallest absolute Gasteiger partial charge is 0.227 e. The van der Waals surface area contributed by atoms with Crippen LogP contribution in [0, 0.1) is 17.7 Å². The highest BCUT2D eigenvalue weighted by Crippen LogP contribution is 2.40. The van der Waals surface area contributed by atoms with Crippen LogP contribution >= 0.6 is 0 Å². The predicted octanol–water partition coefficient (Wildman–Crippen LogP) is 2.43. The summed E-state index contributed by atoms with van der Waals surface area (Å²) >= 11 is 0. The SMILES string of the molecule is O=C(Cc1ccccc1F)N1CC2(C1)OCC[C@H]2COCC1CCOCC1. The second-order valence-electron chi connectivity index (χ2n) is 8.01. The first kappa shape index (κ1) is 18.8. The molecule has 5 nitrogen and oxygen atoms in total. The van der Waals surface area contributed by atoms with Crippen molar-refractivity contribution in [2.45, 2.75) is 31.3 Å².